The molecule has 0 saturated heterocycles. The molecule has 0 aromatic carbocycles. The number of allylic oxidation sites excluding steroid dienone is 5. The second kappa shape index (κ2) is 4.61. The minimum absolute atomic E-state index is 0.224. The Morgan fingerprint density at radius 3 is 2.31 bits per heavy atom. The summed E-state index contributed by atoms with van der Waals surface area (Å²) in [4.78, 5) is 0. The van der Waals surface area contributed by atoms with E-state index in [4.69, 9.17) is 0 Å². The Morgan fingerprint density at radius 2 is 1.94 bits per heavy atom. The monoisotopic (exact) mass is 218 g/mol. The van der Waals surface area contributed by atoms with Gasteiger partial charge in [-0.05, 0) is 32.1 Å². The summed E-state index contributed by atoms with van der Waals surface area (Å²) < 4.78 is 0. The van der Waals surface area contributed by atoms with E-state index in [-0.39, 0.29) is 5.41 Å². The molecule has 0 fully saturated rings. The molecule has 0 N–H and O–H groups in total. The quantitative estimate of drug-likeness (QED) is 0.454. The van der Waals surface area contributed by atoms with E-state index in [1.54, 1.807) is 11.1 Å². The van der Waals surface area contributed by atoms with Gasteiger partial charge in [-0.25, -0.2) is 0 Å². The molecule has 0 bridgehead atoms. The van der Waals surface area contributed by atoms with Gasteiger partial charge in [-0.2, -0.15) is 0 Å². The fourth-order valence-corrected chi connectivity index (χ4v) is 2.69. The van der Waals surface area contributed by atoms with Gasteiger partial charge in [-0.1, -0.05) is 63.1 Å². The Kier molecular flexibility index (Phi) is 3.83. The maximum absolute atomic E-state index is 4.05. The van der Waals surface area contributed by atoms with E-state index >= 15 is 0 Å². The van der Waals surface area contributed by atoms with Crippen LogP contribution in [0.25, 0.3) is 0 Å². The van der Waals surface area contributed by atoms with Crippen molar-refractivity contribution in [1.29, 1.82) is 0 Å². The molecule has 90 valence electrons. The fraction of sp³-hybridized carbons (Fsp3) is 0.625. The van der Waals surface area contributed by atoms with Gasteiger partial charge < -0.3 is 0 Å². The third-order valence-corrected chi connectivity index (χ3v) is 4.90. The van der Waals surface area contributed by atoms with Crippen molar-refractivity contribution in [3.8, 4) is 0 Å². The maximum Gasteiger partial charge on any atom is 0.00967 e. The minimum atomic E-state index is 0.224. The molecule has 0 aliphatic heterocycles. The maximum atomic E-state index is 4.05. The van der Waals surface area contributed by atoms with Crippen molar-refractivity contribution in [2.24, 2.45) is 17.3 Å². The van der Waals surface area contributed by atoms with Crippen LogP contribution in [0.1, 0.15) is 48.0 Å². The van der Waals surface area contributed by atoms with Crippen LogP contribution in [0.15, 0.2) is 35.5 Å². The summed E-state index contributed by atoms with van der Waals surface area (Å²) in [6.45, 7) is 17.8. The van der Waals surface area contributed by atoms with Gasteiger partial charge in [0.25, 0.3) is 0 Å². The van der Waals surface area contributed by atoms with Crippen molar-refractivity contribution < 1.29 is 0 Å². The Labute approximate surface area is 101 Å². The molecule has 1 aliphatic rings. The molecule has 0 heterocycles. The average Bonchev–Trinajstić information content (AvgIpc) is 2.43. The van der Waals surface area contributed by atoms with Crippen LogP contribution in [0.4, 0.5) is 0 Å². The van der Waals surface area contributed by atoms with Crippen molar-refractivity contribution in [2.45, 2.75) is 48.0 Å². The van der Waals surface area contributed by atoms with Crippen molar-refractivity contribution in [3.63, 3.8) is 0 Å². The molecule has 0 radical (unpaired) electrons. The molecule has 0 amide bonds. The molecular formula is C16H26. The van der Waals surface area contributed by atoms with Crippen LogP contribution in [0.5, 0.6) is 0 Å². The molecule has 0 spiro atoms. The zero-order chi connectivity index (χ0) is 12.5. The summed E-state index contributed by atoms with van der Waals surface area (Å²) >= 11 is 0. The molecule has 0 aromatic rings. The van der Waals surface area contributed by atoms with Crippen molar-refractivity contribution in [2.75, 3.05) is 0 Å². The largest absolute Gasteiger partial charge is 0.0959 e. The molecular weight excluding hydrogens is 192 g/mol. The van der Waals surface area contributed by atoms with Gasteiger partial charge in [0.05, 0.1) is 0 Å². The van der Waals surface area contributed by atoms with Gasteiger partial charge in [0.15, 0.2) is 0 Å². The average molecular weight is 218 g/mol. The summed E-state index contributed by atoms with van der Waals surface area (Å²) in [6.07, 6.45) is 5.62. The summed E-state index contributed by atoms with van der Waals surface area (Å²) in [7, 11) is 0. The first-order valence-electron chi connectivity index (χ1n) is 6.39. The molecule has 0 nitrogen and oxygen atoms in total. The lowest BCUT2D eigenvalue weighted by molar-refractivity contribution is 0.305. The first-order valence-corrected chi connectivity index (χ1v) is 6.39. The Morgan fingerprint density at radius 1 is 1.38 bits per heavy atom. The first kappa shape index (κ1) is 13.3. The van der Waals surface area contributed by atoms with Crippen LogP contribution in [-0.2, 0) is 0 Å². The minimum Gasteiger partial charge on any atom is -0.0959 e. The normalized spacial score (nSPS) is 35.1. The zero-order valence-corrected chi connectivity index (χ0v) is 11.7. The van der Waals surface area contributed by atoms with Crippen molar-refractivity contribution in [1.82, 2.24) is 0 Å². The van der Waals surface area contributed by atoms with E-state index in [9.17, 15) is 0 Å². The Balaban J connectivity index is 3.02. The highest BCUT2D eigenvalue weighted by atomic mass is 14.4. The standard InChI is InChI=1S/C16H26/c1-8-11(2)9-10-16(7)14(5)12(3)13(4)15(16)6/h9-10,12,14H,2,8H2,1,3-7H3/b10-9+/t12-,14+,16-/m0/s1. The first-order chi connectivity index (χ1) is 7.34. The summed E-state index contributed by atoms with van der Waals surface area (Å²) in [5, 5.41) is 0. The van der Waals surface area contributed by atoms with Crippen LogP contribution in [0.2, 0.25) is 0 Å². The van der Waals surface area contributed by atoms with Gasteiger partial charge in [-0.15, -0.1) is 0 Å². The number of hydrogen-bond donors (Lipinski definition) is 0. The molecule has 0 unspecified atom stereocenters. The van der Waals surface area contributed by atoms with E-state index in [1.807, 2.05) is 0 Å². The second-order valence-corrected chi connectivity index (χ2v) is 5.51. The second-order valence-electron chi connectivity index (χ2n) is 5.51. The molecule has 0 aromatic heterocycles. The molecule has 1 aliphatic carbocycles. The topological polar surface area (TPSA) is 0 Å². The van der Waals surface area contributed by atoms with E-state index in [0.29, 0.717) is 11.8 Å². The molecule has 16 heavy (non-hydrogen) atoms. The smallest absolute Gasteiger partial charge is 0.00967 e. The third-order valence-electron chi connectivity index (χ3n) is 4.90. The van der Waals surface area contributed by atoms with Crippen LogP contribution < -0.4 is 0 Å². The summed E-state index contributed by atoms with van der Waals surface area (Å²) in [5.74, 6) is 1.39. The lowest BCUT2D eigenvalue weighted by Gasteiger charge is -2.30. The molecule has 0 heteroatoms. The van der Waals surface area contributed by atoms with Gasteiger partial charge in [0.2, 0.25) is 0 Å². The molecule has 0 saturated carbocycles. The van der Waals surface area contributed by atoms with E-state index in [1.165, 1.54) is 5.57 Å². The Bertz CT molecular complexity index is 343. The third kappa shape index (κ3) is 2.03. The summed E-state index contributed by atoms with van der Waals surface area (Å²) in [6, 6.07) is 0. The van der Waals surface area contributed by atoms with Gasteiger partial charge in [-0.3, -0.25) is 0 Å². The highest BCUT2D eigenvalue weighted by Crippen LogP contribution is 2.51. The van der Waals surface area contributed by atoms with Gasteiger partial charge >= 0.3 is 0 Å². The van der Waals surface area contributed by atoms with Crippen LogP contribution in [0.3, 0.4) is 0 Å². The number of rotatable bonds is 3. The Hall–Kier alpha value is -0.780. The van der Waals surface area contributed by atoms with Crippen LogP contribution in [0, 0.1) is 17.3 Å². The lowest BCUT2D eigenvalue weighted by atomic mass is 9.74. The summed E-state index contributed by atoms with van der Waals surface area (Å²) in [5.41, 5.74) is 4.56. The lowest BCUT2D eigenvalue weighted by Crippen LogP contribution is -2.22. The predicted molar refractivity (Wildman–Crippen MR) is 73.4 cm³/mol. The highest BCUT2D eigenvalue weighted by molar-refractivity contribution is 5.35. The van der Waals surface area contributed by atoms with E-state index in [0.717, 1.165) is 6.42 Å². The highest BCUT2D eigenvalue weighted by Gasteiger charge is 2.41. The van der Waals surface area contributed by atoms with Crippen LogP contribution in [-0.4, -0.2) is 0 Å². The van der Waals surface area contributed by atoms with Crippen LogP contribution >= 0.6 is 0 Å². The van der Waals surface area contributed by atoms with Gasteiger partial charge in [0, 0.05) is 5.41 Å². The van der Waals surface area contributed by atoms with Crippen molar-refractivity contribution in [3.05, 3.63) is 35.5 Å². The molecule has 3 atom stereocenters. The van der Waals surface area contributed by atoms with E-state index < -0.39 is 0 Å². The number of hydrogen-bond acceptors (Lipinski definition) is 0. The zero-order valence-electron chi connectivity index (χ0n) is 11.7. The SMILES string of the molecule is C=C(/C=C/[C@]1(C)C(C)=C(C)[C@H](C)[C@H]1C)CC. The fourth-order valence-electron chi connectivity index (χ4n) is 2.69. The van der Waals surface area contributed by atoms with E-state index in [2.05, 4.69) is 60.3 Å². The predicted octanol–water partition coefficient (Wildman–Crippen LogP) is 5.14. The van der Waals surface area contributed by atoms with Gasteiger partial charge in [0.1, 0.15) is 0 Å². The molecule has 1 rings (SSSR count). The van der Waals surface area contributed by atoms with Crippen molar-refractivity contribution >= 4 is 0 Å².